The zero-order chi connectivity index (χ0) is 7.84. The molecule has 58 valence electrons. The fraction of sp³-hybridized carbons (Fsp3) is 0.250. The van der Waals surface area contributed by atoms with E-state index in [0.29, 0.717) is 18.7 Å². The molecule has 0 aliphatic carbocycles. The normalized spacial score (nSPS) is 15.3. The molecule has 2 rings (SSSR count). The summed E-state index contributed by atoms with van der Waals surface area (Å²) in [6, 6.07) is 4.27. The lowest BCUT2D eigenvalue weighted by molar-refractivity contribution is 0.626. The molecule has 1 aliphatic heterocycles. The van der Waals surface area contributed by atoms with Crippen LogP contribution in [0.15, 0.2) is 18.2 Å². The average molecular weight is 152 g/mol. The van der Waals surface area contributed by atoms with E-state index in [1.807, 2.05) is 0 Å². The van der Waals surface area contributed by atoms with Crippen LogP contribution in [-0.4, -0.2) is 6.54 Å². The van der Waals surface area contributed by atoms with Gasteiger partial charge in [0.2, 0.25) is 0 Å². The van der Waals surface area contributed by atoms with E-state index in [1.165, 1.54) is 18.2 Å². The second-order valence-electron chi connectivity index (χ2n) is 2.63. The molecule has 11 heavy (non-hydrogen) atoms. The van der Waals surface area contributed by atoms with Gasteiger partial charge in [-0.3, -0.25) is 0 Å². The lowest BCUT2D eigenvalue weighted by atomic mass is 10.2. The van der Waals surface area contributed by atoms with Crippen LogP contribution in [0.3, 0.4) is 0 Å². The minimum absolute atomic E-state index is 0.265. The zero-order valence-electron chi connectivity index (χ0n) is 5.88. The third kappa shape index (κ3) is 0.973. The van der Waals surface area contributed by atoms with E-state index in [0.717, 1.165) is 10.6 Å². The van der Waals surface area contributed by atoms with Crippen LogP contribution in [0, 0.1) is 11.0 Å². The largest absolute Gasteiger partial charge is 0.758 e. The zero-order valence-corrected chi connectivity index (χ0v) is 5.88. The van der Waals surface area contributed by atoms with Crippen molar-refractivity contribution in [1.82, 2.24) is 0 Å². The Morgan fingerprint density at radius 1 is 1.45 bits per heavy atom. The van der Waals surface area contributed by atoms with E-state index in [9.17, 15) is 9.60 Å². The van der Waals surface area contributed by atoms with Gasteiger partial charge in [0.1, 0.15) is 5.82 Å². The Bertz CT molecular complexity index is 287. The number of benzene rings is 1. The number of hydrogen-bond donors (Lipinski definition) is 0. The molecular formula is C8H7FNO-. The fourth-order valence-corrected chi connectivity index (χ4v) is 1.34. The van der Waals surface area contributed by atoms with Gasteiger partial charge in [0.15, 0.2) is 0 Å². The van der Waals surface area contributed by atoms with E-state index in [1.54, 1.807) is 0 Å². The summed E-state index contributed by atoms with van der Waals surface area (Å²) in [6.07, 6.45) is 0.663. The molecule has 0 unspecified atom stereocenters. The lowest BCUT2D eigenvalue weighted by Crippen LogP contribution is -2.09. The molecule has 0 spiro atoms. The van der Waals surface area contributed by atoms with Crippen molar-refractivity contribution in [2.24, 2.45) is 0 Å². The number of halogens is 1. The van der Waals surface area contributed by atoms with Crippen molar-refractivity contribution >= 4 is 5.69 Å². The van der Waals surface area contributed by atoms with Crippen LogP contribution in [-0.2, 0) is 6.42 Å². The van der Waals surface area contributed by atoms with Gasteiger partial charge >= 0.3 is 0 Å². The molecule has 2 nitrogen and oxygen atoms in total. The summed E-state index contributed by atoms with van der Waals surface area (Å²) >= 11 is 0. The summed E-state index contributed by atoms with van der Waals surface area (Å²) in [4.78, 5) is 0. The van der Waals surface area contributed by atoms with Crippen LogP contribution >= 0.6 is 0 Å². The van der Waals surface area contributed by atoms with Gasteiger partial charge in [-0.25, -0.2) is 4.39 Å². The van der Waals surface area contributed by atoms with Crippen LogP contribution in [0.2, 0.25) is 0 Å². The number of hydroxylamine groups is 1. The predicted octanol–water partition coefficient (Wildman–Crippen LogP) is 1.69. The Balaban J connectivity index is 2.50. The van der Waals surface area contributed by atoms with Crippen LogP contribution in [0.5, 0.6) is 0 Å². The summed E-state index contributed by atoms with van der Waals surface area (Å²) in [7, 11) is 0. The van der Waals surface area contributed by atoms with Gasteiger partial charge in [-0.2, -0.15) is 0 Å². The Labute approximate surface area is 63.8 Å². The Morgan fingerprint density at radius 3 is 3.09 bits per heavy atom. The van der Waals surface area contributed by atoms with Gasteiger partial charge in [-0.15, -0.1) is 0 Å². The van der Waals surface area contributed by atoms with Gasteiger partial charge in [-0.1, -0.05) is 0 Å². The molecule has 0 fully saturated rings. The Kier molecular flexibility index (Phi) is 1.32. The lowest BCUT2D eigenvalue weighted by Gasteiger charge is -2.24. The quantitative estimate of drug-likeness (QED) is 0.565. The number of nitrogens with zero attached hydrogens (tertiary/aromatic N) is 1. The highest BCUT2D eigenvalue weighted by Crippen LogP contribution is 2.26. The minimum atomic E-state index is -0.265. The maximum atomic E-state index is 12.6. The topological polar surface area (TPSA) is 26.3 Å². The molecule has 0 saturated carbocycles. The van der Waals surface area contributed by atoms with Gasteiger partial charge in [0.25, 0.3) is 0 Å². The van der Waals surface area contributed by atoms with E-state index in [2.05, 4.69) is 0 Å². The van der Waals surface area contributed by atoms with Crippen molar-refractivity contribution in [2.45, 2.75) is 6.42 Å². The molecule has 0 aromatic heterocycles. The molecule has 0 atom stereocenters. The van der Waals surface area contributed by atoms with E-state index in [-0.39, 0.29) is 5.82 Å². The molecule has 1 aliphatic rings. The van der Waals surface area contributed by atoms with Gasteiger partial charge in [0, 0.05) is 12.2 Å². The molecule has 0 radical (unpaired) electrons. The molecule has 3 heteroatoms. The summed E-state index contributed by atoms with van der Waals surface area (Å²) in [5.74, 6) is -0.265. The van der Waals surface area contributed by atoms with Crippen molar-refractivity contribution < 1.29 is 4.39 Å². The number of hydrogen-bond acceptors (Lipinski definition) is 2. The molecule has 0 bridgehead atoms. The summed E-state index contributed by atoms with van der Waals surface area (Å²) in [5.41, 5.74) is 1.44. The smallest absolute Gasteiger partial charge is 0.123 e. The highest BCUT2D eigenvalue weighted by Gasteiger charge is 2.11. The molecular weight excluding hydrogens is 145 g/mol. The van der Waals surface area contributed by atoms with E-state index in [4.69, 9.17) is 0 Å². The summed E-state index contributed by atoms with van der Waals surface area (Å²) in [5, 5.41) is 11.9. The SMILES string of the molecule is [O-]N1CCc2cc(F)ccc21. The first-order chi connectivity index (χ1) is 5.27. The monoisotopic (exact) mass is 152 g/mol. The number of fused-ring (bicyclic) bond motifs is 1. The van der Waals surface area contributed by atoms with Crippen molar-refractivity contribution in [3.63, 3.8) is 0 Å². The predicted molar refractivity (Wildman–Crippen MR) is 40.8 cm³/mol. The first-order valence-electron chi connectivity index (χ1n) is 3.50. The summed E-state index contributed by atoms with van der Waals surface area (Å²) in [6.45, 7) is 0.457. The molecule has 1 aromatic rings. The van der Waals surface area contributed by atoms with Crippen molar-refractivity contribution in [1.29, 1.82) is 0 Å². The number of anilines is 1. The Hall–Kier alpha value is -1.09. The van der Waals surface area contributed by atoms with Crippen molar-refractivity contribution in [3.05, 3.63) is 34.8 Å². The first-order valence-corrected chi connectivity index (χ1v) is 3.50. The average Bonchev–Trinajstić information content (AvgIpc) is 2.32. The van der Waals surface area contributed by atoms with Crippen LogP contribution in [0.25, 0.3) is 0 Å². The highest BCUT2D eigenvalue weighted by molar-refractivity contribution is 5.58. The molecule has 1 heterocycles. The molecule has 0 N–H and O–H groups in total. The van der Waals surface area contributed by atoms with Crippen LogP contribution in [0.4, 0.5) is 10.1 Å². The van der Waals surface area contributed by atoms with Gasteiger partial charge in [-0.05, 0) is 30.2 Å². The molecule has 0 saturated heterocycles. The molecule has 1 aromatic carbocycles. The van der Waals surface area contributed by atoms with E-state index >= 15 is 0 Å². The van der Waals surface area contributed by atoms with Crippen LogP contribution < -0.4 is 5.06 Å². The standard InChI is InChI=1S/C8H7FNO/c9-7-1-2-8-6(5-7)3-4-10(8)11/h1-2,5H,3-4H2/q-1. The minimum Gasteiger partial charge on any atom is -0.758 e. The first kappa shape index (κ1) is 6.61. The van der Waals surface area contributed by atoms with Gasteiger partial charge < -0.3 is 10.3 Å². The maximum Gasteiger partial charge on any atom is 0.123 e. The van der Waals surface area contributed by atoms with Crippen molar-refractivity contribution in [3.8, 4) is 0 Å². The fourth-order valence-electron chi connectivity index (χ4n) is 1.34. The third-order valence-corrected chi connectivity index (χ3v) is 1.89. The molecule has 0 amide bonds. The maximum absolute atomic E-state index is 12.6. The number of rotatable bonds is 0. The van der Waals surface area contributed by atoms with Crippen LogP contribution in [0.1, 0.15) is 5.56 Å². The second-order valence-corrected chi connectivity index (χ2v) is 2.63. The third-order valence-electron chi connectivity index (χ3n) is 1.89. The van der Waals surface area contributed by atoms with E-state index < -0.39 is 0 Å². The highest BCUT2D eigenvalue weighted by atomic mass is 19.1. The van der Waals surface area contributed by atoms with Crippen molar-refractivity contribution in [2.75, 3.05) is 11.6 Å². The summed E-state index contributed by atoms with van der Waals surface area (Å²) < 4.78 is 12.6. The Morgan fingerprint density at radius 2 is 2.27 bits per heavy atom. The van der Waals surface area contributed by atoms with Gasteiger partial charge in [0.05, 0.1) is 0 Å². The second kappa shape index (κ2) is 2.20.